The molecular formula is C15H18ClN3O2. The average molecular weight is 308 g/mol. The summed E-state index contributed by atoms with van der Waals surface area (Å²) < 4.78 is 11.4. The van der Waals surface area contributed by atoms with Gasteiger partial charge in [0, 0.05) is 25.6 Å². The predicted molar refractivity (Wildman–Crippen MR) is 80.9 cm³/mol. The van der Waals surface area contributed by atoms with Crippen molar-refractivity contribution in [2.75, 3.05) is 31.2 Å². The molecule has 0 spiro atoms. The van der Waals surface area contributed by atoms with Gasteiger partial charge in [0.15, 0.2) is 11.4 Å². The van der Waals surface area contributed by atoms with Crippen LogP contribution in [-0.4, -0.2) is 36.3 Å². The second-order valence-corrected chi connectivity index (χ2v) is 6.18. The molecule has 3 heterocycles. The van der Waals surface area contributed by atoms with Gasteiger partial charge in [0.1, 0.15) is 11.3 Å². The van der Waals surface area contributed by atoms with E-state index in [0.29, 0.717) is 13.2 Å². The first-order valence-corrected chi connectivity index (χ1v) is 7.96. The zero-order valence-electron chi connectivity index (χ0n) is 11.8. The lowest BCUT2D eigenvalue weighted by Gasteiger charge is -2.27. The normalized spacial score (nSPS) is 20.0. The second kappa shape index (κ2) is 5.46. The van der Waals surface area contributed by atoms with E-state index in [1.54, 1.807) is 0 Å². The molecule has 2 fully saturated rings. The largest absolute Gasteiger partial charge is 0.455 e. The minimum Gasteiger partial charge on any atom is -0.455 e. The lowest BCUT2D eigenvalue weighted by molar-refractivity contribution is 0.122. The minimum atomic E-state index is 0.278. The smallest absolute Gasteiger partial charge is 0.225 e. The second-order valence-electron chi connectivity index (χ2n) is 5.84. The van der Waals surface area contributed by atoms with Gasteiger partial charge in [-0.1, -0.05) is 19.3 Å². The Labute approximate surface area is 128 Å². The molecule has 0 bridgehead atoms. The number of hydrogen-bond acceptors (Lipinski definition) is 5. The number of anilines is 1. The number of aromatic nitrogens is 2. The predicted octanol–water partition coefficient (Wildman–Crippen LogP) is 3.06. The molecule has 1 saturated carbocycles. The molecule has 6 heteroatoms. The summed E-state index contributed by atoms with van der Waals surface area (Å²) in [6.45, 7) is 3.03. The van der Waals surface area contributed by atoms with Crippen LogP contribution in [0.1, 0.15) is 25.0 Å². The fourth-order valence-corrected chi connectivity index (χ4v) is 3.18. The van der Waals surface area contributed by atoms with Crippen molar-refractivity contribution < 1.29 is 9.15 Å². The fraction of sp³-hybridized carbons (Fsp3) is 0.600. The van der Waals surface area contributed by atoms with E-state index in [1.807, 2.05) is 6.07 Å². The summed E-state index contributed by atoms with van der Waals surface area (Å²) in [5.41, 5.74) is 1.57. The fourth-order valence-electron chi connectivity index (χ4n) is 3.01. The van der Waals surface area contributed by atoms with Crippen LogP contribution in [0.5, 0.6) is 0 Å². The van der Waals surface area contributed by atoms with Crippen molar-refractivity contribution in [3.05, 3.63) is 17.1 Å². The van der Waals surface area contributed by atoms with Crippen molar-refractivity contribution in [3.8, 4) is 0 Å². The van der Waals surface area contributed by atoms with Gasteiger partial charge < -0.3 is 14.1 Å². The van der Waals surface area contributed by atoms with Crippen molar-refractivity contribution >= 4 is 28.5 Å². The third kappa shape index (κ3) is 2.60. The molecular weight excluding hydrogens is 290 g/mol. The van der Waals surface area contributed by atoms with E-state index < -0.39 is 0 Å². The van der Waals surface area contributed by atoms with E-state index in [0.717, 1.165) is 48.1 Å². The summed E-state index contributed by atoms with van der Waals surface area (Å²) in [4.78, 5) is 10.9. The Hall–Kier alpha value is -1.33. The zero-order valence-corrected chi connectivity index (χ0v) is 12.6. The maximum atomic E-state index is 6.07. The maximum Gasteiger partial charge on any atom is 0.225 e. The van der Waals surface area contributed by atoms with E-state index >= 15 is 0 Å². The lowest BCUT2D eigenvalue weighted by atomic mass is 9.82. The molecule has 1 aliphatic heterocycles. The molecule has 2 aromatic rings. The molecule has 4 rings (SSSR count). The number of nitrogens with zero attached hydrogens (tertiary/aromatic N) is 3. The van der Waals surface area contributed by atoms with Gasteiger partial charge >= 0.3 is 0 Å². The number of ether oxygens (including phenoxy) is 1. The third-order valence-electron chi connectivity index (χ3n) is 4.40. The Kier molecular flexibility index (Phi) is 3.47. The van der Waals surface area contributed by atoms with E-state index in [4.69, 9.17) is 20.8 Å². The van der Waals surface area contributed by atoms with Crippen molar-refractivity contribution in [2.45, 2.75) is 25.7 Å². The van der Waals surface area contributed by atoms with E-state index in [2.05, 4.69) is 14.9 Å². The molecule has 0 N–H and O–H groups in total. The average Bonchev–Trinajstić information content (AvgIpc) is 2.85. The number of hydrogen-bond donors (Lipinski definition) is 0. The van der Waals surface area contributed by atoms with Gasteiger partial charge in [0.05, 0.1) is 13.2 Å². The Morgan fingerprint density at radius 3 is 2.76 bits per heavy atom. The van der Waals surface area contributed by atoms with Gasteiger partial charge in [-0.25, -0.2) is 4.98 Å². The summed E-state index contributed by atoms with van der Waals surface area (Å²) in [5.74, 6) is 2.56. The molecule has 2 aromatic heterocycles. The Morgan fingerprint density at radius 2 is 2.05 bits per heavy atom. The quantitative estimate of drug-likeness (QED) is 0.816. The van der Waals surface area contributed by atoms with Crippen LogP contribution in [0.15, 0.2) is 10.5 Å². The number of rotatable bonds is 3. The first kappa shape index (κ1) is 13.3. The summed E-state index contributed by atoms with van der Waals surface area (Å²) in [7, 11) is 0. The van der Waals surface area contributed by atoms with Crippen LogP contribution in [0.3, 0.4) is 0 Å². The lowest BCUT2D eigenvalue weighted by Crippen LogP contribution is -2.36. The standard InChI is InChI=1S/C15H18ClN3O2/c16-15-17-12-9-11(8-10-2-1-3-10)21-13(12)14(18-15)19-4-6-20-7-5-19/h9-10H,1-8H2. The van der Waals surface area contributed by atoms with Gasteiger partial charge in [0.25, 0.3) is 0 Å². The zero-order chi connectivity index (χ0) is 14.2. The highest BCUT2D eigenvalue weighted by molar-refractivity contribution is 6.28. The van der Waals surface area contributed by atoms with Crippen LogP contribution < -0.4 is 4.90 Å². The monoisotopic (exact) mass is 307 g/mol. The van der Waals surface area contributed by atoms with E-state index in [-0.39, 0.29) is 5.28 Å². The molecule has 5 nitrogen and oxygen atoms in total. The van der Waals surface area contributed by atoms with Gasteiger partial charge in [-0.05, 0) is 17.5 Å². The molecule has 1 aliphatic carbocycles. The van der Waals surface area contributed by atoms with Crippen LogP contribution in [0.25, 0.3) is 11.1 Å². The molecule has 2 aliphatic rings. The van der Waals surface area contributed by atoms with Gasteiger partial charge in [-0.15, -0.1) is 0 Å². The van der Waals surface area contributed by atoms with Gasteiger partial charge in [0.2, 0.25) is 5.28 Å². The van der Waals surface area contributed by atoms with Crippen LogP contribution in [0, 0.1) is 5.92 Å². The first-order chi connectivity index (χ1) is 10.3. The molecule has 0 aromatic carbocycles. The first-order valence-electron chi connectivity index (χ1n) is 7.58. The maximum absolute atomic E-state index is 6.07. The highest BCUT2D eigenvalue weighted by atomic mass is 35.5. The van der Waals surface area contributed by atoms with Crippen LogP contribution >= 0.6 is 11.6 Å². The summed E-state index contributed by atoms with van der Waals surface area (Å²) in [5, 5.41) is 0.278. The van der Waals surface area contributed by atoms with E-state index in [1.165, 1.54) is 19.3 Å². The van der Waals surface area contributed by atoms with Crippen molar-refractivity contribution in [3.63, 3.8) is 0 Å². The van der Waals surface area contributed by atoms with Crippen molar-refractivity contribution in [1.82, 2.24) is 9.97 Å². The Morgan fingerprint density at radius 1 is 1.24 bits per heavy atom. The highest BCUT2D eigenvalue weighted by Gasteiger charge is 2.23. The van der Waals surface area contributed by atoms with Gasteiger partial charge in [-0.2, -0.15) is 4.98 Å². The number of halogens is 1. The molecule has 0 amide bonds. The van der Waals surface area contributed by atoms with Crippen LogP contribution in [-0.2, 0) is 11.2 Å². The highest BCUT2D eigenvalue weighted by Crippen LogP contribution is 2.34. The topological polar surface area (TPSA) is 51.4 Å². The molecule has 112 valence electrons. The third-order valence-corrected chi connectivity index (χ3v) is 4.57. The van der Waals surface area contributed by atoms with Crippen LogP contribution in [0.4, 0.5) is 5.82 Å². The minimum absolute atomic E-state index is 0.278. The number of morpholine rings is 1. The summed E-state index contributed by atoms with van der Waals surface area (Å²) in [6.07, 6.45) is 4.95. The Bertz CT molecular complexity index is 648. The summed E-state index contributed by atoms with van der Waals surface area (Å²) >= 11 is 6.07. The molecule has 1 saturated heterocycles. The molecule has 21 heavy (non-hydrogen) atoms. The number of fused-ring (bicyclic) bond motifs is 1. The van der Waals surface area contributed by atoms with Gasteiger partial charge in [-0.3, -0.25) is 0 Å². The number of furan rings is 1. The van der Waals surface area contributed by atoms with Crippen molar-refractivity contribution in [2.24, 2.45) is 5.92 Å². The van der Waals surface area contributed by atoms with Crippen LogP contribution in [0.2, 0.25) is 5.28 Å². The van der Waals surface area contributed by atoms with E-state index in [9.17, 15) is 0 Å². The molecule has 0 atom stereocenters. The summed E-state index contributed by atoms with van der Waals surface area (Å²) in [6, 6.07) is 2.02. The molecule has 0 radical (unpaired) electrons. The van der Waals surface area contributed by atoms with Crippen molar-refractivity contribution in [1.29, 1.82) is 0 Å². The Balaban J connectivity index is 1.70. The molecule has 0 unspecified atom stereocenters. The SMILES string of the molecule is Clc1nc(N2CCOCC2)c2oc(CC3CCC3)cc2n1.